The molecule has 0 saturated heterocycles. The molecule has 0 aliphatic heterocycles. The highest BCUT2D eigenvalue weighted by atomic mass is 16.3. The molecule has 0 fully saturated rings. The van der Waals surface area contributed by atoms with Gasteiger partial charge in [-0.2, -0.15) is 5.10 Å². The molecule has 2 N–H and O–H groups in total. The molecule has 5 heteroatoms. The van der Waals surface area contributed by atoms with Gasteiger partial charge in [0.2, 0.25) is 0 Å². The maximum absolute atomic E-state index is 12.0. The summed E-state index contributed by atoms with van der Waals surface area (Å²) in [4.78, 5) is 12.0. The lowest BCUT2D eigenvalue weighted by Crippen LogP contribution is -2.35. The molecule has 2 rings (SSSR count). The van der Waals surface area contributed by atoms with Crippen molar-refractivity contribution >= 4 is 5.91 Å². The number of benzene rings is 1. The summed E-state index contributed by atoms with van der Waals surface area (Å²) in [7, 11) is 0. The van der Waals surface area contributed by atoms with Crippen LogP contribution in [0.25, 0.3) is 0 Å². The summed E-state index contributed by atoms with van der Waals surface area (Å²) in [6, 6.07) is 9.31. The zero-order chi connectivity index (χ0) is 15.9. The van der Waals surface area contributed by atoms with Crippen molar-refractivity contribution < 1.29 is 9.90 Å². The highest BCUT2D eigenvalue weighted by Crippen LogP contribution is 2.08. The van der Waals surface area contributed by atoms with Gasteiger partial charge in [-0.3, -0.25) is 9.48 Å². The molecule has 0 bridgehead atoms. The molecule has 1 aromatic carbocycles. The van der Waals surface area contributed by atoms with Crippen LogP contribution in [0, 0.1) is 5.92 Å². The summed E-state index contributed by atoms with van der Waals surface area (Å²) in [5, 5.41) is 16.8. The number of carbonyl (C=O) groups is 1. The van der Waals surface area contributed by atoms with Crippen molar-refractivity contribution in [2.24, 2.45) is 5.92 Å². The van der Waals surface area contributed by atoms with Gasteiger partial charge >= 0.3 is 0 Å². The fourth-order valence-electron chi connectivity index (χ4n) is 2.12. The van der Waals surface area contributed by atoms with E-state index in [1.165, 1.54) is 0 Å². The summed E-state index contributed by atoms with van der Waals surface area (Å²) >= 11 is 0. The highest BCUT2D eigenvalue weighted by Gasteiger charge is 2.14. The minimum atomic E-state index is -0.506. The first-order chi connectivity index (χ1) is 10.6. The van der Waals surface area contributed by atoms with E-state index in [1.807, 2.05) is 42.9 Å². The third kappa shape index (κ3) is 4.43. The Labute approximate surface area is 131 Å². The topological polar surface area (TPSA) is 67.2 Å². The van der Waals surface area contributed by atoms with Crippen LogP contribution in [-0.4, -0.2) is 33.4 Å². The lowest BCUT2D eigenvalue weighted by Gasteiger charge is -2.17. The van der Waals surface area contributed by atoms with Gasteiger partial charge in [0, 0.05) is 24.5 Å². The summed E-state index contributed by atoms with van der Waals surface area (Å²) in [6.45, 7) is 4.96. The van der Waals surface area contributed by atoms with Gasteiger partial charge < -0.3 is 10.4 Å². The van der Waals surface area contributed by atoms with E-state index in [-0.39, 0.29) is 18.4 Å². The molecule has 22 heavy (non-hydrogen) atoms. The fourth-order valence-corrected chi connectivity index (χ4v) is 2.12. The van der Waals surface area contributed by atoms with Crippen molar-refractivity contribution in [3.63, 3.8) is 0 Å². The summed E-state index contributed by atoms with van der Waals surface area (Å²) in [6.07, 6.45) is 4.02. The number of nitrogens with zero attached hydrogens (tertiary/aromatic N) is 2. The second-order valence-corrected chi connectivity index (χ2v) is 5.56. The second-order valence-electron chi connectivity index (χ2n) is 5.56. The molecule has 118 valence electrons. The first kappa shape index (κ1) is 16.2. The standard InChI is InChI=1S/C17H23N3O2/c1-3-13(2)16(21)11-18-17(22)15-7-5-14(6-8-15)12-20-10-4-9-19-20/h4-10,13,16,21H,3,11-12H2,1-2H3,(H,18,22). The SMILES string of the molecule is CCC(C)C(O)CNC(=O)c1ccc(Cn2cccn2)cc1. The molecule has 1 aromatic heterocycles. The maximum Gasteiger partial charge on any atom is 0.251 e. The molecule has 0 radical (unpaired) electrons. The Morgan fingerprint density at radius 2 is 2.09 bits per heavy atom. The van der Waals surface area contributed by atoms with Crippen LogP contribution in [0.4, 0.5) is 0 Å². The first-order valence-corrected chi connectivity index (χ1v) is 7.62. The van der Waals surface area contributed by atoms with Crippen molar-refractivity contribution in [3.8, 4) is 0 Å². The van der Waals surface area contributed by atoms with E-state index in [9.17, 15) is 9.90 Å². The lowest BCUT2D eigenvalue weighted by molar-refractivity contribution is 0.0850. The van der Waals surface area contributed by atoms with Gasteiger partial charge in [0.25, 0.3) is 5.91 Å². The highest BCUT2D eigenvalue weighted by molar-refractivity contribution is 5.94. The first-order valence-electron chi connectivity index (χ1n) is 7.62. The second kappa shape index (κ2) is 7.75. The normalized spacial score (nSPS) is 13.6. The number of hydrogen-bond donors (Lipinski definition) is 2. The maximum atomic E-state index is 12.0. The van der Waals surface area contributed by atoms with E-state index in [0.717, 1.165) is 12.0 Å². The summed E-state index contributed by atoms with van der Waals surface area (Å²) in [5.74, 6) is 0.0183. The average Bonchev–Trinajstić information content (AvgIpc) is 3.05. The van der Waals surface area contributed by atoms with Crippen LogP contribution in [0.5, 0.6) is 0 Å². The summed E-state index contributed by atoms with van der Waals surface area (Å²) in [5.41, 5.74) is 1.68. The van der Waals surface area contributed by atoms with Crippen LogP contribution < -0.4 is 5.32 Å². The van der Waals surface area contributed by atoms with Crippen molar-refractivity contribution in [2.75, 3.05) is 6.54 Å². The van der Waals surface area contributed by atoms with Crippen LogP contribution in [-0.2, 0) is 6.54 Å². The van der Waals surface area contributed by atoms with Crippen molar-refractivity contribution in [1.29, 1.82) is 0 Å². The minimum absolute atomic E-state index is 0.159. The number of nitrogens with one attached hydrogen (secondary N) is 1. The predicted octanol–water partition coefficient (Wildman–Crippen LogP) is 2.07. The van der Waals surface area contributed by atoms with Crippen LogP contribution in [0.15, 0.2) is 42.7 Å². The third-order valence-electron chi connectivity index (χ3n) is 3.89. The Balaban J connectivity index is 1.88. The van der Waals surface area contributed by atoms with E-state index in [1.54, 1.807) is 18.3 Å². The molecular weight excluding hydrogens is 278 g/mol. The van der Waals surface area contributed by atoms with E-state index in [2.05, 4.69) is 10.4 Å². The largest absolute Gasteiger partial charge is 0.391 e. The van der Waals surface area contributed by atoms with Gasteiger partial charge in [-0.05, 0) is 29.7 Å². The molecule has 5 nitrogen and oxygen atoms in total. The quantitative estimate of drug-likeness (QED) is 0.822. The van der Waals surface area contributed by atoms with Crippen molar-refractivity contribution in [2.45, 2.75) is 32.9 Å². The molecule has 2 aromatic rings. The molecule has 0 saturated carbocycles. The van der Waals surface area contributed by atoms with Gasteiger partial charge in [0.05, 0.1) is 12.6 Å². The molecule has 1 amide bonds. The third-order valence-corrected chi connectivity index (χ3v) is 3.89. The van der Waals surface area contributed by atoms with Crippen LogP contribution in [0.3, 0.4) is 0 Å². The number of amides is 1. The summed E-state index contributed by atoms with van der Waals surface area (Å²) < 4.78 is 1.83. The van der Waals surface area contributed by atoms with E-state index in [4.69, 9.17) is 0 Å². The number of aromatic nitrogens is 2. The van der Waals surface area contributed by atoms with E-state index < -0.39 is 6.10 Å². The Morgan fingerprint density at radius 1 is 1.36 bits per heavy atom. The van der Waals surface area contributed by atoms with Gasteiger partial charge in [0.1, 0.15) is 0 Å². The van der Waals surface area contributed by atoms with E-state index >= 15 is 0 Å². The molecule has 0 aliphatic carbocycles. The Hall–Kier alpha value is -2.14. The number of aliphatic hydroxyl groups excluding tert-OH is 1. The molecular formula is C17H23N3O2. The molecule has 2 unspecified atom stereocenters. The number of rotatable bonds is 7. The zero-order valence-electron chi connectivity index (χ0n) is 13.1. The smallest absolute Gasteiger partial charge is 0.251 e. The zero-order valence-corrected chi connectivity index (χ0v) is 13.1. The van der Waals surface area contributed by atoms with Crippen molar-refractivity contribution in [3.05, 3.63) is 53.9 Å². The number of aliphatic hydroxyl groups is 1. The minimum Gasteiger partial charge on any atom is -0.391 e. The molecule has 0 spiro atoms. The fraction of sp³-hybridized carbons (Fsp3) is 0.412. The predicted molar refractivity (Wildman–Crippen MR) is 85.6 cm³/mol. The van der Waals surface area contributed by atoms with E-state index in [0.29, 0.717) is 12.1 Å². The van der Waals surface area contributed by atoms with Gasteiger partial charge in [0.15, 0.2) is 0 Å². The average molecular weight is 301 g/mol. The Kier molecular flexibility index (Phi) is 5.72. The lowest BCUT2D eigenvalue weighted by atomic mass is 10.0. The Morgan fingerprint density at radius 3 is 2.68 bits per heavy atom. The van der Waals surface area contributed by atoms with Gasteiger partial charge in [-0.1, -0.05) is 32.4 Å². The van der Waals surface area contributed by atoms with Gasteiger partial charge in [-0.15, -0.1) is 0 Å². The molecule has 2 atom stereocenters. The van der Waals surface area contributed by atoms with Crippen molar-refractivity contribution in [1.82, 2.24) is 15.1 Å². The molecule has 0 aliphatic rings. The van der Waals surface area contributed by atoms with Crippen LogP contribution >= 0.6 is 0 Å². The van der Waals surface area contributed by atoms with Gasteiger partial charge in [-0.25, -0.2) is 0 Å². The number of hydrogen-bond acceptors (Lipinski definition) is 3. The van der Waals surface area contributed by atoms with Crippen LogP contribution in [0.1, 0.15) is 36.2 Å². The Bertz CT molecular complexity index is 578. The number of carbonyl (C=O) groups excluding carboxylic acids is 1. The van der Waals surface area contributed by atoms with Crippen LogP contribution in [0.2, 0.25) is 0 Å². The monoisotopic (exact) mass is 301 g/mol. The molecule has 1 heterocycles.